The van der Waals surface area contributed by atoms with Crippen LogP contribution in [0.25, 0.3) is 0 Å². The van der Waals surface area contributed by atoms with E-state index in [1.54, 1.807) is 0 Å². The highest BCUT2D eigenvalue weighted by Crippen LogP contribution is 2.14. The number of carbonyl (C=O) groups excluding carboxylic acids is 1. The fraction of sp³-hybridized carbons (Fsp3) is 0.444. The minimum atomic E-state index is -0.359. The minimum Gasteiger partial charge on any atom is -0.379 e. The molecule has 0 radical (unpaired) electrons. The maximum atomic E-state index is 11.7. The van der Waals surface area contributed by atoms with E-state index >= 15 is 0 Å². The molecule has 3 N–H and O–H groups in total. The molecule has 0 saturated carbocycles. The average molecular weight is 243 g/mol. The smallest absolute Gasteiger partial charge is 0.233 e. The van der Waals surface area contributed by atoms with Gasteiger partial charge in [0.2, 0.25) is 11.9 Å². The topological polar surface area (TPSA) is 90.1 Å². The third-order valence-electron chi connectivity index (χ3n) is 2.32. The molecule has 1 aliphatic heterocycles. The summed E-state index contributed by atoms with van der Waals surface area (Å²) in [4.78, 5) is 19.5. The lowest BCUT2D eigenvalue weighted by molar-refractivity contribution is -0.120. The second-order valence-corrected chi connectivity index (χ2v) is 3.89. The van der Waals surface area contributed by atoms with Gasteiger partial charge in [-0.15, -0.1) is 0 Å². The van der Waals surface area contributed by atoms with Gasteiger partial charge in [0, 0.05) is 12.2 Å². The van der Waals surface area contributed by atoms with Gasteiger partial charge in [-0.3, -0.25) is 10.1 Å². The molecule has 1 saturated heterocycles. The van der Waals surface area contributed by atoms with E-state index in [4.69, 9.17) is 22.1 Å². The number of hydrogen-bond acceptors (Lipinski definition) is 5. The highest BCUT2D eigenvalue weighted by Gasteiger charge is 2.31. The number of ether oxygens (including phenoxy) is 1. The Bertz CT molecular complexity index is 401. The summed E-state index contributed by atoms with van der Waals surface area (Å²) in [7, 11) is 0. The number of nitrogens with one attached hydrogen (secondary N) is 1. The van der Waals surface area contributed by atoms with Crippen molar-refractivity contribution in [1.29, 1.82) is 0 Å². The Kier molecular flexibility index (Phi) is 3.33. The number of amides is 1. The van der Waals surface area contributed by atoms with Gasteiger partial charge in [-0.25, -0.2) is 9.97 Å². The van der Waals surface area contributed by atoms with Crippen molar-refractivity contribution in [2.75, 3.05) is 18.5 Å². The van der Waals surface area contributed by atoms with Gasteiger partial charge in [0.05, 0.1) is 19.1 Å². The summed E-state index contributed by atoms with van der Waals surface area (Å²) in [6.45, 7) is 0.724. The normalized spacial score (nSPS) is 24.4. The molecular weight excluding hydrogens is 232 g/mol. The first-order valence-corrected chi connectivity index (χ1v) is 5.17. The SMILES string of the molecule is NC1COCC1C(=O)Nc1nccc(Cl)n1. The summed E-state index contributed by atoms with van der Waals surface area (Å²) in [6.07, 6.45) is 1.47. The quantitative estimate of drug-likeness (QED) is 0.715. The molecule has 2 atom stereocenters. The molecule has 86 valence electrons. The molecular formula is C9H11ClN4O2. The summed E-state index contributed by atoms with van der Waals surface area (Å²) in [6, 6.07) is 1.25. The average Bonchev–Trinajstić information content (AvgIpc) is 2.64. The largest absolute Gasteiger partial charge is 0.379 e. The molecule has 0 aromatic carbocycles. The number of rotatable bonds is 2. The molecule has 16 heavy (non-hydrogen) atoms. The zero-order valence-corrected chi connectivity index (χ0v) is 9.15. The second-order valence-electron chi connectivity index (χ2n) is 3.50. The number of hydrogen-bond donors (Lipinski definition) is 2. The van der Waals surface area contributed by atoms with Crippen LogP contribution >= 0.6 is 11.6 Å². The summed E-state index contributed by atoms with van der Waals surface area (Å²) in [5.41, 5.74) is 5.71. The fourth-order valence-electron chi connectivity index (χ4n) is 1.44. The Labute approximate surface area is 97.2 Å². The zero-order chi connectivity index (χ0) is 11.5. The second kappa shape index (κ2) is 4.73. The van der Waals surface area contributed by atoms with Gasteiger partial charge >= 0.3 is 0 Å². The highest BCUT2D eigenvalue weighted by atomic mass is 35.5. The summed E-state index contributed by atoms with van der Waals surface area (Å²) in [5.74, 6) is -0.425. The van der Waals surface area contributed by atoms with Crippen molar-refractivity contribution in [2.24, 2.45) is 11.7 Å². The van der Waals surface area contributed by atoms with Gasteiger partial charge in [0.15, 0.2) is 0 Å². The first-order valence-electron chi connectivity index (χ1n) is 4.79. The summed E-state index contributed by atoms with van der Waals surface area (Å²) in [5, 5.41) is 2.82. The Morgan fingerprint density at radius 2 is 2.44 bits per heavy atom. The van der Waals surface area contributed by atoms with E-state index in [9.17, 15) is 4.79 Å². The van der Waals surface area contributed by atoms with Crippen molar-refractivity contribution >= 4 is 23.5 Å². The Morgan fingerprint density at radius 1 is 1.62 bits per heavy atom. The van der Waals surface area contributed by atoms with Crippen LogP contribution in [0.4, 0.5) is 5.95 Å². The lowest BCUT2D eigenvalue weighted by atomic mass is 10.0. The molecule has 2 rings (SSSR count). The van der Waals surface area contributed by atoms with Crippen LogP contribution in [0, 0.1) is 5.92 Å². The van der Waals surface area contributed by atoms with Crippen LogP contribution in [0.5, 0.6) is 0 Å². The molecule has 6 nitrogen and oxygen atoms in total. The lowest BCUT2D eigenvalue weighted by Crippen LogP contribution is -2.37. The number of aromatic nitrogens is 2. The number of carbonyl (C=O) groups is 1. The van der Waals surface area contributed by atoms with Crippen LogP contribution in [0.3, 0.4) is 0 Å². The molecule has 1 aliphatic rings. The lowest BCUT2D eigenvalue weighted by Gasteiger charge is -2.11. The van der Waals surface area contributed by atoms with Gasteiger partial charge in [0.25, 0.3) is 0 Å². The van der Waals surface area contributed by atoms with Crippen molar-refractivity contribution < 1.29 is 9.53 Å². The van der Waals surface area contributed by atoms with Crippen molar-refractivity contribution in [3.8, 4) is 0 Å². The van der Waals surface area contributed by atoms with Gasteiger partial charge < -0.3 is 10.5 Å². The summed E-state index contributed by atoms with van der Waals surface area (Å²) < 4.78 is 5.10. The van der Waals surface area contributed by atoms with E-state index in [-0.39, 0.29) is 29.0 Å². The molecule has 1 aromatic rings. The fourth-order valence-corrected chi connectivity index (χ4v) is 1.58. The molecule has 1 aromatic heterocycles. The molecule has 0 bridgehead atoms. The van der Waals surface area contributed by atoms with Crippen LogP contribution in [-0.4, -0.2) is 35.1 Å². The van der Waals surface area contributed by atoms with Gasteiger partial charge in [-0.2, -0.15) is 0 Å². The first-order chi connectivity index (χ1) is 7.66. The van der Waals surface area contributed by atoms with Crippen molar-refractivity contribution in [1.82, 2.24) is 9.97 Å². The van der Waals surface area contributed by atoms with E-state index in [2.05, 4.69) is 15.3 Å². The first kappa shape index (κ1) is 11.3. The van der Waals surface area contributed by atoms with Gasteiger partial charge in [-0.1, -0.05) is 11.6 Å². The van der Waals surface area contributed by atoms with E-state index < -0.39 is 0 Å². The molecule has 0 aliphatic carbocycles. The zero-order valence-electron chi connectivity index (χ0n) is 8.39. The van der Waals surface area contributed by atoms with Crippen molar-refractivity contribution in [3.63, 3.8) is 0 Å². The van der Waals surface area contributed by atoms with E-state index in [0.29, 0.717) is 13.2 Å². The van der Waals surface area contributed by atoms with E-state index in [0.717, 1.165) is 0 Å². The molecule has 7 heteroatoms. The van der Waals surface area contributed by atoms with Crippen LogP contribution < -0.4 is 11.1 Å². The predicted molar refractivity (Wildman–Crippen MR) is 58.0 cm³/mol. The molecule has 0 spiro atoms. The van der Waals surface area contributed by atoms with Crippen LogP contribution in [0.2, 0.25) is 5.15 Å². The minimum absolute atomic E-state index is 0.177. The number of anilines is 1. The number of halogens is 1. The highest BCUT2D eigenvalue weighted by molar-refractivity contribution is 6.29. The van der Waals surface area contributed by atoms with E-state index in [1.165, 1.54) is 12.3 Å². The van der Waals surface area contributed by atoms with Gasteiger partial charge in [-0.05, 0) is 6.07 Å². The molecule has 1 amide bonds. The van der Waals surface area contributed by atoms with Crippen molar-refractivity contribution in [2.45, 2.75) is 6.04 Å². The van der Waals surface area contributed by atoms with E-state index in [1.807, 2.05) is 0 Å². The van der Waals surface area contributed by atoms with Crippen LogP contribution in [-0.2, 0) is 9.53 Å². The number of nitrogens with two attached hydrogens (primary N) is 1. The Morgan fingerprint density at radius 3 is 3.06 bits per heavy atom. The molecule has 2 unspecified atom stereocenters. The molecule has 1 fully saturated rings. The molecule has 2 heterocycles. The maximum Gasteiger partial charge on any atom is 0.233 e. The third kappa shape index (κ3) is 2.46. The Balaban J connectivity index is 2.02. The Hall–Kier alpha value is -1.24. The maximum absolute atomic E-state index is 11.7. The standard InChI is InChI=1S/C9H11ClN4O2/c10-7-1-2-12-9(13-7)14-8(15)5-3-16-4-6(5)11/h1-2,5-6H,3-4,11H2,(H,12,13,14,15). The summed E-state index contributed by atoms with van der Waals surface area (Å²) >= 11 is 5.66. The van der Waals surface area contributed by atoms with Crippen LogP contribution in [0.1, 0.15) is 0 Å². The monoisotopic (exact) mass is 242 g/mol. The third-order valence-corrected chi connectivity index (χ3v) is 2.53. The van der Waals surface area contributed by atoms with Crippen molar-refractivity contribution in [3.05, 3.63) is 17.4 Å². The van der Waals surface area contributed by atoms with Gasteiger partial charge in [0.1, 0.15) is 5.15 Å². The van der Waals surface area contributed by atoms with Crippen LogP contribution in [0.15, 0.2) is 12.3 Å². The predicted octanol–water partition coefficient (Wildman–Crippen LogP) is 0.0422. The number of nitrogens with zero attached hydrogens (tertiary/aromatic N) is 2.